The summed E-state index contributed by atoms with van der Waals surface area (Å²) in [7, 11) is 1.90. The molecule has 1 heterocycles. The first-order chi connectivity index (χ1) is 11.5. The Morgan fingerprint density at radius 1 is 1.29 bits per heavy atom. The van der Waals surface area contributed by atoms with Crippen molar-refractivity contribution in [1.82, 2.24) is 9.78 Å². The molecule has 0 spiro atoms. The van der Waals surface area contributed by atoms with Crippen LogP contribution in [0.5, 0.6) is 0 Å². The van der Waals surface area contributed by atoms with Crippen LogP contribution >= 0.6 is 11.3 Å². The summed E-state index contributed by atoms with van der Waals surface area (Å²) in [5.74, 6) is -0.0814. The highest BCUT2D eigenvalue weighted by Gasteiger charge is 2.18. The second kappa shape index (κ2) is 7.27. The molecule has 7 heteroatoms. The summed E-state index contributed by atoms with van der Waals surface area (Å²) < 4.78 is 1.81. The van der Waals surface area contributed by atoms with Crippen molar-refractivity contribution in [2.24, 2.45) is 12.0 Å². The molecular formula is C17H22N4O2S. The van der Waals surface area contributed by atoms with Crippen LogP contribution in [0.15, 0.2) is 29.3 Å². The van der Waals surface area contributed by atoms with Crippen molar-refractivity contribution in [1.29, 1.82) is 0 Å². The van der Waals surface area contributed by atoms with E-state index in [0.717, 1.165) is 46.7 Å². The number of anilines is 1. The number of nitrogens with one attached hydrogen (secondary N) is 1. The van der Waals surface area contributed by atoms with Gasteiger partial charge in [-0.2, -0.15) is 5.10 Å². The van der Waals surface area contributed by atoms with Gasteiger partial charge in [0, 0.05) is 25.2 Å². The van der Waals surface area contributed by atoms with E-state index in [9.17, 15) is 9.90 Å². The summed E-state index contributed by atoms with van der Waals surface area (Å²) in [6.07, 6.45) is 3.35. The Hall–Kier alpha value is -1.99. The molecule has 1 amide bonds. The lowest BCUT2D eigenvalue weighted by Crippen LogP contribution is -2.24. The number of hydrogen-bond acceptors (Lipinski definition) is 5. The maximum Gasteiger partial charge on any atom is 0.221 e. The third-order valence-corrected chi connectivity index (χ3v) is 5.18. The fourth-order valence-corrected chi connectivity index (χ4v) is 3.79. The van der Waals surface area contributed by atoms with Crippen LogP contribution in [0, 0.1) is 0 Å². The predicted molar refractivity (Wildman–Crippen MR) is 94.7 cm³/mol. The van der Waals surface area contributed by atoms with Crippen molar-refractivity contribution >= 4 is 22.9 Å². The molecule has 2 N–H and O–H groups in total. The van der Waals surface area contributed by atoms with Gasteiger partial charge < -0.3 is 10.4 Å². The first-order valence-electron chi connectivity index (χ1n) is 8.15. The van der Waals surface area contributed by atoms with Crippen LogP contribution in [0.2, 0.25) is 0 Å². The first-order valence-corrected chi connectivity index (χ1v) is 8.97. The van der Waals surface area contributed by atoms with E-state index in [2.05, 4.69) is 10.4 Å². The molecule has 3 rings (SSSR count). The molecule has 24 heavy (non-hydrogen) atoms. The van der Waals surface area contributed by atoms with E-state index in [0.29, 0.717) is 0 Å². The molecule has 1 aromatic heterocycles. The number of aliphatic hydroxyl groups is 1. The van der Waals surface area contributed by atoms with E-state index in [1.165, 1.54) is 6.92 Å². The number of carbonyl (C=O) groups excluding carboxylic acids is 1. The molecule has 128 valence electrons. The molecule has 1 fully saturated rings. The molecule has 0 radical (unpaired) electrons. The monoisotopic (exact) mass is 346 g/mol. The van der Waals surface area contributed by atoms with Crippen LogP contribution in [-0.2, 0) is 11.8 Å². The van der Waals surface area contributed by atoms with Gasteiger partial charge in [-0.25, -0.2) is 4.68 Å². The predicted octanol–water partition coefficient (Wildman–Crippen LogP) is 2.31. The standard InChI is InChI=1S/C17H22N4O2S/c1-11(22)18-13-5-3-12(4-6-13)16-20-21(2)17(24-16)19-14-7-9-15(23)10-8-14/h3-6,14-15,23H,7-10H2,1-2H3,(H,18,22)/b19-17+. The van der Waals surface area contributed by atoms with E-state index in [-0.39, 0.29) is 18.1 Å². The lowest BCUT2D eigenvalue weighted by molar-refractivity contribution is -0.114. The average molecular weight is 346 g/mol. The Morgan fingerprint density at radius 2 is 1.96 bits per heavy atom. The number of aromatic nitrogens is 2. The minimum atomic E-state index is -0.163. The maximum atomic E-state index is 11.1. The van der Waals surface area contributed by atoms with Crippen LogP contribution in [0.1, 0.15) is 32.6 Å². The largest absolute Gasteiger partial charge is 0.393 e. The smallest absolute Gasteiger partial charge is 0.221 e. The Balaban J connectivity index is 1.79. The summed E-state index contributed by atoms with van der Waals surface area (Å²) in [4.78, 5) is 16.8. The molecule has 6 nitrogen and oxygen atoms in total. The summed E-state index contributed by atoms with van der Waals surface area (Å²) in [5.41, 5.74) is 1.78. The van der Waals surface area contributed by atoms with Crippen LogP contribution in [-0.4, -0.2) is 32.9 Å². The van der Waals surface area contributed by atoms with Gasteiger partial charge in [-0.05, 0) is 49.9 Å². The van der Waals surface area contributed by atoms with Crippen LogP contribution in [0.3, 0.4) is 0 Å². The summed E-state index contributed by atoms with van der Waals surface area (Å²) in [5, 5.41) is 17.8. The number of benzene rings is 1. The van der Waals surface area contributed by atoms with Crippen molar-refractivity contribution in [3.05, 3.63) is 29.1 Å². The minimum absolute atomic E-state index is 0.0814. The van der Waals surface area contributed by atoms with Gasteiger partial charge in [-0.15, -0.1) is 0 Å². The van der Waals surface area contributed by atoms with E-state index in [1.807, 2.05) is 36.0 Å². The molecular weight excluding hydrogens is 324 g/mol. The van der Waals surface area contributed by atoms with E-state index in [4.69, 9.17) is 4.99 Å². The number of amides is 1. The summed E-state index contributed by atoms with van der Waals surface area (Å²) in [6.45, 7) is 1.49. The lowest BCUT2D eigenvalue weighted by Gasteiger charge is -2.21. The van der Waals surface area contributed by atoms with E-state index >= 15 is 0 Å². The van der Waals surface area contributed by atoms with Gasteiger partial charge in [0.1, 0.15) is 5.01 Å². The van der Waals surface area contributed by atoms with Gasteiger partial charge in [-0.1, -0.05) is 11.3 Å². The highest BCUT2D eigenvalue weighted by atomic mass is 32.1. The van der Waals surface area contributed by atoms with Crippen molar-refractivity contribution < 1.29 is 9.90 Å². The molecule has 1 aliphatic carbocycles. The molecule has 0 unspecified atom stereocenters. The summed E-state index contributed by atoms with van der Waals surface area (Å²) in [6, 6.07) is 7.92. The normalized spacial score (nSPS) is 21.7. The molecule has 1 aliphatic rings. The van der Waals surface area contributed by atoms with Crippen LogP contribution < -0.4 is 10.1 Å². The maximum absolute atomic E-state index is 11.1. The number of nitrogens with zero attached hydrogens (tertiary/aromatic N) is 3. The molecule has 0 aliphatic heterocycles. The van der Waals surface area contributed by atoms with Crippen LogP contribution in [0.4, 0.5) is 5.69 Å². The molecule has 0 atom stereocenters. The number of rotatable bonds is 3. The third-order valence-electron chi connectivity index (χ3n) is 4.12. The number of hydrogen-bond donors (Lipinski definition) is 2. The highest BCUT2D eigenvalue weighted by molar-refractivity contribution is 7.12. The second-order valence-electron chi connectivity index (χ2n) is 6.16. The van der Waals surface area contributed by atoms with Gasteiger partial charge in [-0.3, -0.25) is 9.79 Å². The summed E-state index contributed by atoms with van der Waals surface area (Å²) >= 11 is 1.56. The van der Waals surface area contributed by atoms with Crippen LogP contribution in [0.25, 0.3) is 10.6 Å². The highest BCUT2D eigenvalue weighted by Crippen LogP contribution is 2.23. The average Bonchev–Trinajstić information content (AvgIpc) is 2.91. The van der Waals surface area contributed by atoms with Crippen molar-refractivity contribution in [3.63, 3.8) is 0 Å². The minimum Gasteiger partial charge on any atom is -0.393 e. The lowest BCUT2D eigenvalue weighted by atomic mass is 9.94. The number of aryl methyl sites for hydroxylation is 1. The van der Waals surface area contributed by atoms with Gasteiger partial charge in [0.15, 0.2) is 0 Å². The zero-order valence-electron chi connectivity index (χ0n) is 13.9. The van der Waals surface area contributed by atoms with Gasteiger partial charge in [0.05, 0.1) is 12.1 Å². The number of aliphatic hydroxyl groups excluding tert-OH is 1. The quantitative estimate of drug-likeness (QED) is 0.895. The Labute approximate surface area is 144 Å². The van der Waals surface area contributed by atoms with E-state index in [1.54, 1.807) is 11.3 Å². The zero-order valence-corrected chi connectivity index (χ0v) is 14.7. The fourth-order valence-electron chi connectivity index (χ4n) is 2.82. The molecule has 0 saturated heterocycles. The Bertz CT molecular complexity index is 771. The SMILES string of the molecule is CC(=O)Nc1ccc(-c2nn(C)/c(=N\C3CCC(O)CC3)s2)cc1. The molecule has 1 aromatic carbocycles. The second-order valence-corrected chi connectivity index (χ2v) is 7.12. The third kappa shape index (κ3) is 4.10. The Kier molecular flexibility index (Phi) is 5.11. The topological polar surface area (TPSA) is 79.5 Å². The van der Waals surface area contributed by atoms with Gasteiger partial charge in [0.25, 0.3) is 0 Å². The van der Waals surface area contributed by atoms with Crippen molar-refractivity contribution in [2.45, 2.75) is 44.8 Å². The fraction of sp³-hybridized carbons (Fsp3) is 0.471. The number of carbonyl (C=O) groups is 1. The Morgan fingerprint density at radius 3 is 2.58 bits per heavy atom. The van der Waals surface area contributed by atoms with Crippen molar-refractivity contribution in [3.8, 4) is 10.6 Å². The molecule has 1 saturated carbocycles. The van der Waals surface area contributed by atoms with Gasteiger partial charge in [0.2, 0.25) is 10.7 Å². The van der Waals surface area contributed by atoms with E-state index < -0.39 is 0 Å². The zero-order chi connectivity index (χ0) is 17.1. The molecule has 2 aromatic rings. The van der Waals surface area contributed by atoms with Crippen molar-refractivity contribution in [2.75, 3.05) is 5.32 Å². The van der Waals surface area contributed by atoms with Gasteiger partial charge >= 0.3 is 0 Å². The molecule has 0 bridgehead atoms. The first kappa shape index (κ1) is 16.9.